The van der Waals surface area contributed by atoms with Crippen LogP contribution in [0.4, 0.5) is 27.7 Å². The van der Waals surface area contributed by atoms with Gasteiger partial charge in [-0.05, 0) is 79.9 Å². The molecule has 0 radical (unpaired) electrons. The highest BCUT2D eigenvalue weighted by Gasteiger charge is 2.17. The van der Waals surface area contributed by atoms with Crippen LogP contribution in [0.2, 0.25) is 0 Å². The van der Waals surface area contributed by atoms with Crippen LogP contribution in [0.15, 0.2) is 90.2 Å². The highest BCUT2D eigenvalue weighted by Crippen LogP contribution is 2.27. The third kappa shape index (κ3) is 7.17. The number of aromatic nitrogens is 3. The minimum Gasteiger partial charge on any atom is -0.340 e. The van der Waals surface area contributed by atoms with Crippen LogP contribution < -0.4 is 16.0 Å². The number of hydrogen-bond donors (Lipinski definition) is 3. The smallest absolute Gasteiger partial charge is 0.331 e. The fourth-order valence-corrected chi connectivity index (χ4v) is 5.75. The van der Waals surface area contributed by atoms with Crippen LogP contribution >= 0.6 is 11.8 Å². The maximum absolute atomic E-state index is 13.4. The molecule has 0 atom stereocenters. The van der Waals surface area contributed by atoms with Gasteiger partial charge in [0.1, 0.15) is 12.1 Å². The van der Waals surface area contributed by atoms with Crippen molar-refractivity contribution in [2.45, 2.75) is 18.4 Å². The summed E-state index contributed by atoms with van der Waals surface area (Å²) < 4.78 is 1.45. The lowest BCUT2D eigenvalue weighted by Gasteiger charge is -2.32. The van der Waals surface area contributed by atoms with Crippen molar-refractivity contribution >= 4 is 57.6 Å². The molecule has 5 aromatic rings. The van der Waals surface area contributed by atoms with Crippen molar-refractivity contribution in [3.63, 3.8) is 0 Å². The Morgan fingerprint density at radius 1 is 0.889 bits per heavy atom. The van der Waals surface area contributed by atoms with Crippen LogP contribution in [0, 0.1) is 6.92 Å². The van der Waals surface area contributed by atoms with Crippen molar-refractivity contribution in [3.05, 3.63) is 102 Å². The number of benzene rings is 3. The predicted octanol–water partition coefficient (Wildman–Crippen LogP) is 6.29. The first-order valence-electron chi connectivity index (χ1n) is 14.8. The molecule has 0 unspecified atom stereocenters. The lowest BCUT2D eigenvalue weighted by molar-refractivity contribution is 0.102. The van der Waals surface area contributed by atoms with Crippen molar-refractivity contribution in [1.29, 1.82) is 0 Å². The standard InChI is InChI=1S/C34H36N8O2S/c1-23-7-12-27(38-33(43)25-10-8-24(9-11-25)21-41-17-15-40(2)16-18-41)20-30(23)39-34(44)42-14-13-29-31(35-22-36-32(29)42)37-26-5-4-6-28(19-26)45-3/h4-14,19-20,22H,15-18,21H2,1-3H3,(H,38,43)(H,39,44)(H,35,36,37). The SMILES string of the molecule is CSc1cccc(Nc2ncnc3c2ccn3C(=O)Nc2cc(NC(=O)c3ccc(CN4CCN(C)CC4)cc3)ccc2C)c1. The second kappa shape index (κ2) is 13.5. The molecule has 230 valence electrons. The van der Waals surface area contributed by atoms with Gasteiger partial charge >= 0.3 is 6.03 Å². The summed E-state index contributed by atoms with van der Waals surface area (Å²) in [5.41, 5.74) is 5.17. The van der Waals surface area contributed by atoms with Crippen molar-refractivity contribution in [1.82, 2.24) is 24.3 Å². The van der Waals surface area contributed by atoms with Crippen LogP contribution in [-0.2, 0) is 6.54 Å². The van der Waals surface area contributed by atoms with E-state index < -0.39 is 0 Å². The zero-order valence-corrected chi connectivity index (χ0v) is 26.4. The fourth-order valence-electron chi connectivity index (χ4n) is 5.29. The Morgan fingerprint density at radius 2 is 1.69 bits per heavy atom. The van der Waals surface area contributed by atoms with Gasteiger partial charge < -0.3 is 20.9 Å². The number of thioether (sulfide) groups is 1. The minimum absolute atomic E-state index is 0.210. The number of nitrogens with zero attached hydrogens (tertiary/aromatic N) is 5. The Hall–Kier alpha value is -4.71. The fraction of sp³-hybridized carbons (Fsp3) is 0.235. The summed E-state index contributed by atoms with van der Waals surface area (Å²) >= 11 is 1.66. The summed E-state index contributed by atoms with van der Waals surface area (Å²) in [6.45, 7) is 7.02. The van der Waals surface area contributed by atoms with E-state index in [1.807, 2.05) is 79.9 Å². The molecule has 2 aromatic heterocycles. The third-order valence-corrected chi connectivity index (χ3v) is 8.71. The first kappa shape index (κ1) is 30.3. The molecule has 0 spiro atoms. The number of likely N-dealkylation sites (N-methyl/N-ethyl adjacent to an activating group) is 1. The van der Waals surface area contributed by atoms with E-state index in [0.29, 0.717) is 28.4 Å². The Morgan fingerprint density at radius 3 is 2.47 bits per heavy atom. The average Bonchev–Trinajstić information content (AvgIpc) is 3.50. The van der Waals surface area contributed by atoms with Crippen LogP contribution in [-0.4, -0.2) is 75.8 Å². The van der Waals surface area contributed by atoms with Gasteiger partial charge in [0.2, 0.25) is 0 Å². The van der Waals surface area contributed by atoms with Crippen molar-refractivity contribution in [3.8, 4) is 0 Å². The molecule has 0 bridgehead atoms. The second-order valence-corrected chi connectivity index (χ2v) is 12.1. The molecule has 1 aliphatic rings. The summed E-state index contributed by atoms with van der Waals surface area (Å²) in [7, 11) is 2.15. The summed E-state index contributed by atoms with van der Waals surface area (Å²) in [5, 5.41) is 10.00. The van der Waals surface area contributed by atoms with Gasteiger partial charge in [0.25, 0.3) is 5.91 Å². The van der Waals surface area contributed by atoms with E-state index in [1.165, 1.54) is 16.5 Å². The molecule has 3 aromatic carbocycles. The molecular formula is C34H36N8O2S. The third-order valence-electron chi connectivity index (χ3n) is 7.99. The van der Waals surface area contributed by atoms with E-state index in [0.717, 1.165) is 54.3 Å². The molecule has 11 heteroatoms. The molecule has 2 amide bonds. The Bertz CT molecular complexity index is 1830. The topological polar surface area (TPSA) is 107 Å². The normalized spacial score (nSPS) is 13.9. The molecule has 6 rings (SSSR count). The number of piperazine rings is 1. The lowest BCUT2D eigenvalue weighted by Crippen LogP contribution is -2.43. The van der Waals surface area contributed by atoms with Crippen LogP contribution in [0.25, 0.3) is 11.0 Å². The van der Waals surface area contributed by atoms with Crippen LogP contribution in [0.5, 0.6) is 0 Å². The maximum atomic E-state index is 13.4. The quantitative estimate of drug-likeness (QED) is 0.174. The Balaban J connectivity index is 1.12. The van der Waals surface area contributed by atoms with E-state index in [-0.39, 0.29) is 11.9 Å². The number of nitrogens with one attached hydrogen (secondary N) is 3. The molecule has 1 fully saturated rings. The first-order chi connectivity index (χ1) is 21.9. The van der Waals surface area contributed by atoms with Gasteiger partial charge in [-0.2, -0.15) is 0 Å². The molecule has 45 heavy (non-hydrogen) atoms. The number of rotatable bonds is 8. The van der Waals surface area contributed by atoms with E-state index in [2.05, 4.69) is 42.8 Å². The maximum Gasteiger partial charge on any atom is 0.331 e. The zero-order valence-electron chi connectivity index (χ0n) is 25.6. The summed E-state index contributed by atoms with van der Waals surface area (Å²) in [4.78, 5) is 41.2. The molecule has 0 saturated carbocycles. The Kier molecular flexibility index (Phi) is 9.11. The minimum atomic E-state index is -0.374. The predicted molar refractivity (Wildman–Crippen MR) is 182 cm³/mol. The summed E-state index contributed by atoms with van der Waals surface area (Å²) in [6, 6.07) is 22.7. The van der Waals surface area contributed by atoms with Gasteiger partial charge in [-0.1, -0.05) is 24.3 Å². The molecule has 10 nitrogen and oxygen atoms in total. The molecular weight excluding hydrogens is 584 g/mol. The Labute approximate surface area is 266 Å². The lowest BCUT2D eigenvalue weighted by atomic mass is 10.1. The van der Waals surface area contributed by atoms with Crippen LogP contribution in [0.1, 0.15) is 21.5 Å². The number of amides is 2. The van der Waals surface area contributed by atoms with Crippen molar-refractivity contribution in [2.24, 2.45) is 0 Å². The monoisotopic (exact) mass is 620 g/mol. The van der Waals surface area contributed by atoms with E-state index in [4.69, 9.17) is 0 Å². The van der Waals surface area contributed by atoms with Crippen molar-refractivity contribution in [2.75, 3.05) is 55.4 Å². The van der Waals surface area contributed by atoms with Crippen molar-refractivity contribution < 1.29 is 9.59 Å². The molecule has 1 aliphatic heterocycles. The van der Waals surface area contributed by atoms with E-state index in [9.17, 15) is 9.59 Å². The number of aryl methyl sites for hydroxylation is 1. The van der Waals surface area contributed by atoms with E-state index >= 15 is 0 Å². The molecule has 1 saturated heterocycles. The van der Waals surface area contributed by atoms with Gasteiger partial charge in [-0.25, -0.2) is 14.8 Å². The number of fused-ring (bicyclic) bond motifs is 1. The number of carbonyl (C=O) groups is 2. The molecule has 3 N–H and O–H groups in total. The van der Waals surface area contributed by atoms with Gasteiger partial charge in [-0.15, -0.1) is 11.8 Å². The summed E-state index contributed by atoms with van der Waals surface area (Å²) in [5.74, 6) is 0.400. The number of anilines is 4. The number of hydrogen-bond acceptors (Lipinski definition) is 8. The molecule has 3 heterocycles. The highest BCUT2D eigenvalue weighted by atomic mass is 32.2. The second-order valence-electron chi connectivity index (χ2n) is 11.2. The van der Waals surface area contributed by atoms with Gasteiger partial charge in [0.05, 0.1) is 5.39 Å². The first-order valence-corrected chi connectivity index (χ1v) is 16.0. The van der Waals surface area contributed by atoms with E-state index in [1.54, 1.807) is 24.0 Å². The molecule has 0 aliphatic carbocycles. The van der Waals surface area contributed by atoms with Crippen LogP contribution in [0.3, 0.4) is 0 Å². The highest BCUT2D eigenvalue weighted by molar-refractivity contribution is 7.98. The number of carbonyl (C=O) groups excluding carboxylic acids is 2. The average molecular weight is 621 g/mol. The van der Waals surface area contributed by atoms with Gasteiger partial charge in [0.15, 0.2) is 5.65 Å². The van der Waals surface area contributed by atoms with Gasteiger partial charge in [0, 0.05) is 66.4 Å². The largest absolute Gasteiger partial charge is 0.340 e. The van der Waals surface area contributed by atoms with Gasteiger partial charge in [-0.3, -0.25) is 14.3 Å². The zero-order chi connectivity index (χ0) is 31.3. The summed E-state index contributed by atoms with van der Waals surface area (Å²) in [6.07, 6.45) is 5.14.